The van der Waals surface area contributed by atoms with Gasteiger partial charge in [-0.05, 0) is 60.7 Å². The van der Waals surface area contributed by atoms with Gasteiger partial charge in [0.05, 0.1) is 16.9 Å². The second-order valence-corrected chi connectivity index (χ2v) is 9.52. The molecule has 2 N–H and O–H groups in total. The Kier molecular flexibility index (Phi) is 6.47. The highest BCUT2D eigenvalue weighted by Crippen LogP contribution is 2.26. The molecule has 0 aliphatic carbocycles. The van der Waals surface area contributed by atoms with Gasteiger partial charge in [0.2, 0.25) is 0 Å². The molecule has 0 radical (unpaired) electrons. The average molecular weight is 479 g/mol. The van der Waals surface area contributed by atoms with E-state index in [9.17, 15) is 13.6 Å². The number of rotatable bonds is 6. The van der Waals surface area contributed by atoms with Crippen LogP contribution in [0.25, 0.3) is 5.65 Å². The summed E-state index contributed by atoms with van der Waals surface area (Å²) in [5, 5.41) is 0. The average Bonchev–Trinajstić information content (AvgIpc) is 3.12. The first-order valence-electron chi connectivity index (χ1n) is 11.3. The molecule has 2 aromatic carbocycles. The summed E-state index contributed by atoms with van der Waals surface area (Å²) < 4.78 is 35.4. The summed E-state index contributed by atoms with van der Waals surface area (Å²) in [5.74, 6) is -1.43. The van der Waals surface area contributed by atoms with Crippen LogP contribution in [0.2, 0.25) is 0 Å². The summed E-state index contributed by atoms with van der Waals surface area (Å²) >= 11 is 0. The predicted octanol–water partition coefficient (Wildman–Crippen LogP) is 5.86. The maximum absolute atomic E-state index is 14.0. The first kappa shape index (κ1) is 24.2. The number of anilines is 1. The summed E-state index contributed by atoms with van der Waals surface area (Å²) in [5.41, 5.74) is 9.42. The maximum Gasteiger partial charge on any atom is 0.288 e. The molecular weight excluding hydrogens is 450 g/mol. The van der Waals surface area contributed by atoms with Gasteiger partial charge in [-0.1, -0.05) is 39.0 Å². The molecular formula is C27H28F2N4O2. The van der Waals surface area contributed by atoms with Crippen LogP contribution in [0.3, 0.4) is 0 Å². The van der Waals surface area contributed by atoms with Crippen LogP contribution in [0.5, 0.6) is 5.75 Å². The zero-order chi connectivity index (χ0) is 25.3. The van der Waals surface area contributed by atoms with Crippen LogP contribution in [-0.2, 0) is 12.0 Å². The number of fused-ring (bicyclic) bond motifs is 1. The van der Waals surface area contributed by atoms with Crippen molar-refractivity contribution in [3.8, 4) is 5.75 Å². The first-order valence-corrected chi connectivity index (χ1v) is 11.3. The number of hydrogen-bond acceptors (Lipinski definition) is 4. The number of amides is 1. The Morgan fingerprint density at radius 2 is 1.71 bits per heavy atom. The monoisotopic (exact) mass is 478 g/mol. The zero-order valence-corrected chi connectivity index (χ0v) is 20.4. The molecule has 0 unspecified atom stereocenters. The number of aromatic nitrogens is 2. The number of hydrogen-bond donors (Lipinski definition) is 2. The van der Waals surface area contributed by atoms with Crippen LogP contribution in [0.15, 0.2) is 54.7 Å². The predicted molar refractivity (Wildman–Crippen MR) is 132 cm³/mol. The molecule has 2 heterocycles. The van der Waals surface area contributed by atoms with E-state index in [2.05, 4.69) is 36.6 Å². The van der Waals surface area contributed by atoms with Crippen molar-refractivity contribution in [2.45, 2.75) is 46.6 Å². The topological polar surface area (TPSA) is 67.7 Å². The molecule has 0 fully saturated rings. The Balaban J connectivity index is 1.56. The Morgan fingerprint density at radius 3 is 2.34 bits per heavy atom. The Hall–Kier alpha value is -3.94. The van der Waals surface area contributed by atoms with Crippen LogP contribution in [0.4, 0.5) is 14.5 Å². The van der Waals surface area contributed by atoms with Crippen LogP contribution in [-0.4, -0.2) is 15.3 Å². The lowest BCUT2D eigenvalue weighted by atomic mass is 9.87. The van der Waals surface area contributed by atoms with Gasteiger partial charge in [0.1, 0.15) is 23.9 Å². The molecule has 2 aromatic heterocycles. The number of imidazole rings is 1. The number of pyridine rings is 1. The van der Waals surface area contributed by atoms with Crippen molar-refractivity contribution in [2.24, 2.45) is 0 Å². The van der Waals surface area contributed by atoms with E-state index >= 15 is 0 Å². The van der Waals surface area contributed by atoms with Gasteiger partial charge < -0.3 is 4.74 Å². The summed E-state index contributed by atoms with van der Waals surface area (Å²) in [6.07, 6.45) is 1.76. The number of carbonyl (C=O) groups excluding carboxylic acids is 1. The molecule has 0 aliphatic rings. The van der Waals surface area contributed by atoms with Gasteiger partial charge in [-0.3, -0.25) is 20.0 Å². The van der Waals surface area contributed by atoms with E-state index in [0.29, 0.717) is 22.8 Å². The van der Waals surface area contributed by atoms with Gasteiger partial charge in [-0.15, -0.1) is 0 Å². The lowest BCUT2D eigenvalue weighted by Gasteiger charge is -2.19. The zero-order valence-electron chi connectivity index (χ0n) is 20.4. The molecule has 1 amide bonds. The molecule has 6 nitrogen and oxygen atoms in total. The highest BCUT2D eigenvalue weighted by molar-refractivity contribution is 5.95. The molecule has 0 saturated carbocycles. The normalized spacial score (nSPS) is 11.5. The molecule has 0 spiro atoms. The highest BCUT2D eigenvalue weighted by Gasteiger charge is 2.20. The second-order valence-electron chi connectivity index (χ2n) is 9.52. The van der Waals surface area contributed by atoms with Gasteiger partial charge in [0, 0.05) is 6.20 Å². The standard InChI is InChI=1S/C27H28F2N4O2/c1-16-13-23(35-15-20-21(28)7-6-8-22(20)29)25-30-17(2)24(33(25)14-16)26(34)32-31-19-11-9-18(10-12-19)27(3,4)5/h6-14,31H,15H2,1-5H3,(H,32,34). The molecule has 0 saturated heterocycles. The number of ether oxygens (including phenoxy) is 1. The van der Waals surface area contributed by atoms with Crippen molar-refractivity contribution in [2.75, 3.05) is 5.43 Å². The van der Waals surface area contributed by atoms with Crippen LogP contribution < -0.4 is 15.6 Å². The number of halogens is 2. The second kappa shape index (κ2) is 9.37. The van der Waals surface area contributed by atoms with Crippen molar-refractivity contribution in [3.05, 3.63) is 94.4 Å². The lowest BCUT2D eigenvalue weighted by molar-refractivity contribution is 0.0956. The minimum Gasteiger partial charge on any atom is -0.485 e. The number of benzene rings is 2. The molecule has 0 bridgehead atoms. The number of carbonyl (C=O) groups is 1. The fourth-order valence-corrected chi connectivity index (χ4v) is 3.80. The van der Waals surface area contributed by atoms with Gasteiger partial charge in [0.25, 0.3) is 5.91 Å². The third kappa shape index (κ3) is 5.11. The fraction of sp³-hybridized carbons (Fsp3) is 0.259. The first-order chi connectivity index (χ1) is 16.5. The van der Waals surface area contributed by atoms with E-state index in [0.717, 1.165) is 11.3 Å². The van der Waals surface area contributed by atoms with Crippen molar-refractivity contribution >= 4 is 17.2 Å². The quantitative estimate of drug-likeness (QED) is 0.341. The SMILES string of the molecule is Cc1cc(OCc2c(F)cccc2F)c2nc(C)c(C(=O)NNc3ccc(C(C)(C)C)cc3)n2c1. The number of aryl methyl sites for hydroxylation is 2. The highest BCUT2D eigenvalue weighted by atomic mass is 19.1. The Labute approximate surface area is 202 Å². The third-order valence-corrected chi connectivity index (χ3v) is 5.72. The number of nitrogens with zero attached hydrogens (tertiary/aromatic N) is 2. The summed E-state index contributed by atoms with van der Waals surface area (Å²) in [6.45, 7) is 9.65. The largest absolute Gasteiger partial charge is 0.485 e. The van der Waals surface area contributed by atoms with E-state index in [1.54, 1.807) is 23.6 Å². The minimum absolute atomic E-state index is 0.0328. The van der Waals surface area contributed by atoms with Crippen molar-refractivity contribution in [3.63, 3.8) is 0 Å². The van der Waals surface area contributed by atoms with Crippen LogP contribution in [0, 0.1) is 25.5 Å². The van der Waals surface area contributed by atoms with Gasteiger partial charge in [0.15, 0.2) is 11.4 Å². The lowest BCUT2D eigenvalue weighted by Crippen LogP contribution is -2.31. The Morgan fingerprint density at radius 1 is 1.06 bits per heavy atom. The van der Waals surface area contributed by atoms with E-state index in [4.69, 9.17) is 4.74 Å². The van der Waals surface area contributed by atoms with E-state index in [1.807, 2.05) is 31.2 Å². The van der Waals surface area contributed by atoms with Crippen molar-refractivity contribution in [1.29, 1.82) is 0 Å². The third-order valence-electron chi connectivity index (χ3n) is 5.72. The molecule has 8 heteroatoms. The molecule has 4 rings (SSSR count). The smallest absolute Gasteiger partial charge is 0.288 e. The van der Waals surface area contributed by atoms with E-state index in [-0.39, 0.29) is 23.5 Å². The Bertz CT molecular complexity index is 1370. The van der Waals surface area contributed by atoms with Crippen molar-refractivity contribution in [1.82, 2.24) is 14.8 Å². The number of hydrazine groups is 1. The van der Waals surface area contributed by atoms with Crippen LogP contribution in [0.1, 0.15) is 53.6 Å². The maximum atomic E-state index is 14.0. The molecule has 0 aliphatic heterocycles. The summed E-state index contributed by atoms with van der Waals surface area (Å²) in [7, 11) is 0. The summed E-state index contributed by atoms with van der Waals surface area (Å²) in [6, 6.07) is 13.2. The van der Waals surface area contributed by atoms with Crippen molar-refractivity contribution < 1.29 is 18.3 Å². The molecule has 182 valence electrons. The van der Waals surface area contributed by atoms with Crippen LogP contribution >= 0.6 is 0 Å². The van der Waals surface area contributed by atoms with Gasteiger partial charge in [-0.2, -0.15) is 0 Å². The van der Waals surface area contributed by atoms with Gasteiger partial charge >= 0.3 is 0 Å². The molecule has 0 atom stereocenters. The minimum atomic E-state index is -0.685. The molecule has 4 aromatic rings. The van der Waals surface area contributed by atoms with Gasteiger partial charge in [-0.25, -0.2) is 13.8 Å². The number of nitrogens with one attached hydrogen (secondary N) is 2. The van der Waals surface area contributed by atoms with E-state index in [1.165, 1.54) is 23.8 Å². The molecule has 35 heavy (non-hydrogen) atoms. The summed E-state index contributed by atoms with van der Waals surface area (Å²) in [4.78, 5) is 17.5. The fourth-order valence-electron chi connectivity index (χ4n) is 3.80. The van der Waals surface area contributed by atoms with E-state index < -0.39 is 11.6 Å².